The summed E-state index contributed by atoms with van der Waals surface area (Å²) in [5.41, 5.74) is 0.134. The number of benzene rings is 1. The second kappa shape index (κ2) is 6.69. The zero-order chi connectivity index (χ0) is 15.2. The Morgan fingerprint density at radius 2 is 2.19 bits per heavy atom. The Labute approximate surface area is 121 Å². The molecule has 112 valence electrons. The molecule has 8 nitrogen and oxygen atoms in total. The van der Waals surface area contributed by atoms with E-state index < -0.39 is 5.97 Å². The highest BCUT2D eigenvalue weighted by molar-refractivity contribution is 5.88. The minimum Gasteiger partial charge on any atom is -0.493 e. The van der Waals surface area contributed by atoms with Gasteiger partial charge in [-0.15, -0.1) is 5.10 Å². The molecule has 0 saturated carbocycles. The fourth-order valence-corrected chi connectivity index (χ4v) is 1.77. The lowest BCUT2D eigenvalue weighted by molar-refractivity contribution is 0.0696. The van der Waals surface area contributed by atoms with Crippen LogP contribution in [0.15, 0.2) is 18.2 Å². The third-order valence-electron chi connectivity index (χ3n) is 2.81. The molecule has 2 rings (SSSR count). The number of tetrazole rings is 1. The van der Waals surface area contributed by atoms with Gasteiger partial charge in [-0.25, -0.2) is 9.48 Å². The molecule has 8 heteroatoms. The third-order valence-corrected chi connectivity index (χ3v) is 2.81. The summed E-state index contributed by atoms with van der Waals surface area (Å²) >= 11 is 0. The summed E-state index contributed by atoms with van der Waals surface area (Å²) in [5.74, 6) is 0.367. The molecule has 0 spiro atoms. The van der Waals surface area contributed by atoms with E-state index in [1.54, 1.807) is 10.7 Å². The van der Waals surface area contributed by atoms with Crippen LogP contribution in [0.2, 0.25) is 0 Å². The first-order valence-corrected chi connectivity index (χ1v) is 6.45. The first kappa shape index (κ1) is 14.8. The zero-order valence-corrected chi connectivity index (χ0v) is 11.8. The molecular formula is C13H16N4O4. The number of carboxylic acid groups (broad SMARTS) is 1. The summed E-state index contributed by atoms with van der Waals surface area (Å²) in [4.78, 5) is 10.9. The second-order valence-corrected chi connectivity index (χ2v) is 4.28. The summed E-state index contributed by atoms with van der Waals surface area (Å²) in [7, 11) is 1.45. The molecule has 1 heterocycles. The van der Waals surface area contributed by atoms with E-state index in [0.29, 0.717) is 23.9 Å². The van der Waals surface area contributed by atoms with Crippen molar-refractivity contribution in [3.8, 4) is 11.5 Å². The Morgan fingerprint density at radius 3 is 2.86 bits per heavy atom. The summed E-state index contributed by atoms with van der Waals surface area (Å²) in [5, 5.41) is 20.3. The van der Waals surface area contributed by atoms with Crippen LogP contribution < -0.4 is 9.47 Å². The number of ether oxygens (including phenoxy) is 2. The monoisotopic (exact) mass is 292 g/mol. The molecule has 1 aromatic heterocycles. The van der Waals surface area contributed by atoms with Crippen LogP contribution >= 0.6 is 0 Å². The number of rotatable bonds is 7. The van der Waals surface area contributed by atoms with Crippen molar-refractivity contribution in [1.82, 2.24) is 20.2 Å². The summed E-state index contributed by atoms with van der Waals surface area (Å²) in [6.07, 6.45) is 0.911. The number of carboxylic acids is 1. The van der Waals surface area contributed by atoms with Gasteiger partial charge >= 0.3 is 5.97 Å². The van der Waals surface area contributed by atoms with E-state index in [0.717, 1.165) is 6.42 Å². The molecule has 1 N–H and O–H groups in total. The molecule has 1 aromatic carbocycles. The average molecular weight is 292 g/mol. The highest BCUT2D eigenvalue weighted by atomic mass is 16.5. The quantitative estimate of drug-likeness (QED) is 0.822. The molecular weight excluding hydrogens is 276 g/mol. The lowest BCUT2D eigenvalue weighted by Gasteiger charge is -2.11. The number of aromatic carboxylic acids is 1. The molecule has 0 bridgehead atoms. The van der Waals surface area contributed by atoms with E-state index in [4.69, 9.17) is 14.6 Å². The van der Waals surface area contributed by atoms with Gasteiger partial charge in [-0.1, -0.05) is 6.92 Å². The lowest BCUT2D eigenvalue weighted by atomic mass is 10.2. The number of carbonyl (C=O) groups is 1. The minimum atomic E-state index is -1.02. The van der Waals surface area contributed by atoms with Crippen LogP contribution in [0.4, 0.5) is 0 Å². The van der Waals surface area contributed by atoms with E-state index in [1.807, 2.05) is 6.92 Å². The molecule has 2 aromatic rings. The van der Waals surface area contributed by atoms with E-state index in [9.17, 15) is 4.79 Å². The number of aryl methyl sites for hydroxylation is 1. The van der Waals surface area contributed by atoms with Gasteiger partial charge in [-0.05, 0) is 35.0 Å². The maximum Gasteiger partial charge on any atom is 0.335 e. The molecule has 0 aliphatic carbocycles. The Bertz CT molecular complexity index is 626. The largest absolute Gasteiger partial charge is 0.493 e. The van der Waals surface area contributed by atoms with Crippen molar-refractivity contribution < 1.29 is 19.4 Å². The number of methoxy groups -OCH3 is 1. The zero-order valence-electron chi connectivity index (χ0n) is 11.8. The van der Waals surface area contributed by atoms with Crippen LogP contribution in [0.1, 0.15) is 29.5 Å². The Morgan fingerprint density at radius 1 is 1.38 bits per heavy atom. The first-order valence-electron chi connectivity index (χ1n) is 6.45. The maximum absolute atomic E-state index is 10.9. The first-order chi connectivity index (χ1) is 10.2. The van der Waals surface area contributed by atoms with Gasteiger partial charge in [0.25, 0.3) is 0 Å². The molecule has 0 unspecified atom stereocenters. The lowest BCUT2D eigenvalue weighted by Crippen LogP contribution is -2.09. The van der Waals surface area contributed by atoms with Crippen LogP contribution in [-0.2, 0) is 13.2 Å². The van der Waals surface area contributed by atoms with Crippen molar-refractivity contribution in [3.63, 3.8) is 0 Å². The Balaban J connectivity index is 2.12. The van der Waals surface area contributed by atoms with E-state index in [1.165, 1.54) is 19.2 Å². The Kier molecular flexibility index (Phi) is 4.70. The highest BCUT2D eigenvalue weighted by Crippen LogP contribution is 2.28. The van der Waals surface area contributed by atoms with Gasteiger partial charge < -0.3 is 14.6 Å². The number of hydrogen-bond donors (Lipinski definition) is 1. The molecule has 0 aliphatic heterocycles. The predicted octanol–water partition coefficient (Wildman–Crippen LogP) is 1.37. The van der Waals surface area contributed by atoms with Gasteiger partial charge in [0.05, 0.1) is 12.7 Å². The van der Waals surface area contributed by atoms with Crippen LogP contribution in [0.3, 0.4) is 0 Å². The summed E-state index contributed by atoms with van der Waals surface area (Å²) in [6.45, 7) is 2.91. The van der Waals surface area contributed by atoms with Crippen molar-refractivity contribution >= 4 is 5.97 Å². The van der Waals surface area contributed by atoms with Crippen molar-refractivity contribution in [2.75, 3.05) is 7.11 Å². The molecule has 0 aliphatic rings. The highest BCUT2D eigenvalue weighted by Gasteiger charge is 2.12. The van der Waals surface area contributed by atoms with Crippen molar-refractivity contribution in [1.29, 1.82) is 0 Å². The fourth-order valence-electron chi connectivity index (χ4n) is 1.77. The average Bonchev–Trinajstić information content (AvgIpc) is 2.92. The number of aromatic nitrogens is 4. The van der Waals surface area contributed by atoms with Gasteiger partial charge in [-0.2, -0.15) is 0 Å². The van der Waals surface area contributed by atoms with Crippen LogP contribution in [0, 0.1) is 0 Å². The fraction of sp³-hybridized carbons (Fsp3) is 0.385. The third kappa shape index (κ3) is 3.47. The van der Waals surface area contributed by atoms with Gasteiger partial charge in [0.2, 0.25) is 0 Å². The topological polar surface area (TPSA) is 99.4 Å². The molecule has 0 radical (unpaired) electrons. The van der Waals surface area contributed by atoms with E-state index >= 15 is 0 Å². The van der Waals surface area contributed by atoms with Gasteiger partial charge in [0.15, 0.2) is 17.3 Å². The molecule has 0 atom stereocenters. The van der Waals surface area contributed by atoms with Crippen molar-refractivity contribution in [2.24, 2.45) is 0 Å². The van der Waals surface area contributed by atoms with E-state index in [2.05, 4.69) is 15.5 Å². The smallest absolute Gasteiger partial charge is 0.335 e. The van der Waals surface area contributed by atoms with Crippen molar-refractivity contribution in [2.45, 2.75) is 26.5 Å². The molecule has 0 saturated heterocycles. The molecule has 0 amide bonds. The molecule has 0 fully saturated rings. The van der Waals surface area contributed by atoms with Gasteiger partial charge in [-0.3, -0.25) is 0 Å². The van der Waals surface area contributed by atoms with Crippen LogP contribution in [0.25, 0.3) is 0 Å². The Hall–Kier alpha value is -2.64. The van der Waals surface area contributed by atoms with E-state index in [-0.39, 0.29) is 12.2 Å². The second-order valence-electron chi connectivity index (χ2n) is 4.28. The van der Waals surface area contributed by atoms with Crippen LogP contribution in [0.5, 0.6) is 11.5 Å². The normalized spacial score (nSPS) is 10.4. The minimum absolute atomic E-state index is 0.134. The number of hydrogen-bond acceptors (Lipinski definition) is 6. The number of nitrogens with zero attached hydrogens (tertiary/aromatic N) is 4. The standard InChI is InChI=1S/C13H16N4O4/c1-3-6-17-12(14-15-16-17)8-21-10-5-4-9(13(18)19)7-11(10)20-2/h4-5,7H,3,6,8H2,1-2H3,(H,18,19). The van der Waals surface area contributed by atoms with Gasteiger partial charge in [0.1, 0.15) is 6.61 Å². The summed E-state index contributed by atoms with van der Waals surface area (Å²) < 4.78 is 12.4. The SMILES string of the molecule is CCCn1nnnc1COc1ccc(C(=O)O)cc1OC. The summed E-state index contributed by atoms with van der Waals surface area (Å²) in [6, 6.07) is 4.41. The van der Waals surface area contributed by atoms with Crippen molar-refractivity contribution in [3.05, 3.63) is 29.6 Å². The molecule has 21 heavy (non-hydrogen) atoms. The van der Waals surface area contributed by atoms with Crippen LogP contribution in [-0.4, -0.2) is 38.4 Å². The maximum atomic E-state index is 10.9. The predicted molar refractivity (Wildman–Crippen MR) is 72.4 cm³/mol. The van der Waals surface area contributed by atoms with Gasteiger partial charge in [0, 0.05) is 6.54 Å².